The third kappa shape index (κ3) is 7.58. The fourth-order valence-corrected chi connectivity index (χ4v) is 5.85. The lowest BCUT2D eigenvalue weighted by Gasteiger charge is -2.43. The van der Waals surface area contributed by atoms with Gasteiger partial charge < -0.3 is 9.80 Å². The summed E-state index contributed by atoms with van der Waals surface area (Å²) in [5.41, 5.74) is -3.77. The van der Waals surface area contributed by atoms with Crippen LogP contribution in [0.5, 0.6) is 0 Å². The molecule has 1 unspecified atom stereocenters. The Morgan fingerprint density at radius 2 is 1.43 bits per heavy atom. The summed E-state index contributed by atoms with van der Waals surface area (Å²) in [7, 11) is 1.28. The monoisotopic (exact) mass is 609 g/mol. The van der Waals surface area contributed by atoms with Crippen LogP contribution in [0.15, 0.2) is 30.3 Å². The van der Waals surface area contributed by atoms with Gasteiger partial charge in [0, 0.05) is 38.3 Å². The number of halogens is 9. The van der Waals surface area contributed by atoms with Crippen LogP contribution in [0.3, 0.4) is 0 Å². The van der Waals surface area contributed by atoms with Crippen molar-refractivity contribution in [1.82, 2.24) is 14.7 Å². The van der Waals surface area contributed by atoms with Crippen LogP contribution in [0.4, 0.5) is 39.5 Å². The number of benzene rings is 2. The average Bonchev–Trinajstić information content (AvgIpc) is 2.94. The lowest BCUT2D eigenvalue weighted by atomic mass is 9.96. The number of likely N-dealkylation sites (tertiary alicyclic amines) is 2. The van der Waals surface area contributed by atoms with Crippen molar-refractivity contribution in [2.75, 3.05) is 39.8 Å². The molecule has 0 spiro atoms. The van der Waals surface area contributed by atoms with Gasteiger partial charge in [0.25, 0.3) is 0 Å². The lowest BCUT2D eigenvalue weighted by molar-refractivity contribution is -0.143. The zero-order valence-electron chi connectivity index (χ0n) is 23.0. The maximum absolute atomic E-state index is 15.0. The van der Waals surface area contributed by atoms with Crippen LogP contribution in [0, 0.1) is 17.5 Å². The van der Waals surface area contributed by atoms with E-state index < -0.39 is 64.9 Å². The molecule has 1 atom stereocenters. The van der Waals surface area contributed by atoms with Gasteiger partial charge in [-0.3, -0.25) is 9.69 Å². The van der Waals surface area contributed by atoms with Crippen molar-refractivity contribution >= 4 is 5.91 Å². The summed E-state index contributed by atoms with van der Waals surface area (Å²) in [6.45, 7) is 2.65. The standard InChI is InChI=1S/C29H32F9N3O/c1-39(25(42)15-18-13-19(28(33,34)35)16-20(14-18)29(36,37)38)17-24(22-5-6-23(30)27(32)26(22)31)41-11-7-21(8-12-41)40-9-3-2-4-10-40/h5-6,13-14,16,21,24H,2-4,7-12,15,17H2,1H3. The van der Waals surface area contributed by atoms with E-state index >= 15 is 0 Å². The molecule has 42 heavy (non-hydrogen) atoms. The van der Waals surface area contributed by atoms with Gasteiger partial charge in [0.1, 0.15) is 0 Å². The Hall–Kier alpha value is -2.80. The van der Waals surface area contributed by atoms with E-state index in [1.54, 1.807) is 0 Å². The predicted molar refractivity (Wildman–Crippen MR) is 137 cm³/mol. The number of hydrogen-bond donors (Lipinski definition) is 0. The van der Waals surface area contributed by atoms with Crippen molar-refractivity contribution < 1.29 is 44.3 Å². The number of hydrogen-bond acceptors (Lipinski definition) is 3. The molecule has 2 fully saturated rings. The minimum Gasteiger partial charge on any atom is -0.344 e. The molecule has 0 bridgehead atoms. The van der Waals surface area contributed by atoms with E-state index in [4.69, 9.17) is 0 Å². The molecule has 232 valence electrons. The fourth-order valence-electron chi connectivity index (χ4n) is 5.85. The van der Waals surface area contributed by atoms with Crippen LogP contribution in [-0.2, 0) is 23.6 Å². The molecule has 2 saturated heterocycles. The first-order chi connectivity index (χ1) is 19.6. The number of piperidine rings is 2. The number of amides is 1. The highest BCUT2D eigenvalue weighted by atomic mass is 19.4. The van der Waals surface area contributed by atoms with Crippen molar-refractivity contribution in [3.05, 3.63) is 70.0 Å². The van der Waals surface area contributed by atoms with Crippen LogP contribution in [0.25, 0.3) is 0 Å². The van der Waals surface area contributed by atoms with Crippen molar-refractivity contribution in [2.45, 2.75) is 63.0 Å². The average molecular weight is 610 g/mol. The van der Waals surface area contributed by atoms with Crippen molar-refractivity contribution in [1.29, 1.82) is 0 Å². The van der Waals surface area contributed by atoms with Gasteiger partial charge in [0.15, 0.2) is 17.5 Å². The maximum Gasteiger partial charge on any atom is 0.416 e. The van der Waals surface area contributed by atoms with Crippen LogP contribution < -0.4 is 0 Å². The van der Waals surface area contributed by atoms with Gasteiger partial charge in [-0.15, -0.1) is 0 Å². The zero-order valence-corrected chi connectivity index (χ0v) is 23.0. The molecular weight excluding hydrogens is 577 g/mol. The second-order valence-electron chi connectivity index (χ2n) is 11.0. The molecule has 1 amide bonds. The van der Waals surface area contributed by atoms with Gasteiger partial charge in [-0.2, -0.15) is 26.3 Å². The highest BCUT2D eigenvalue weighted by Crippen LogP contribution is 2.37. The summed E-state index contributed by atoms with van der Waals surface area (Å²) < 4.78 is 123. The third-order valence-electron chi connectivity index (χ3n) is 8.15. The number of rotatable bonds is 7. The largest absolute Gasteiger partial charge is 0.416 e. The molecule has 2 aliphatic rings. The second kappa shape index (κ2) is 12.8. The smallest absolute Gasteiger partial charge is 0.344 e. The van der Waals surface area contributed by atoms with Gasteiger partial charge in [-0.05, 0) is 68.6 Å². The molecule has 4 rings (SSSR count). The zero-order chi connectivity index (χ0) is 30.8. The molecule has 0 saturated carbocycles. The number of alkyl halides is 6. The first-order valence-corrected chi connectivity index (χ1v) is 13.8. The minimum atomic E-state index is -5.07. The summed E-state index contributed by atoms with van der Waals surface area (Å²) in [5.74, 6) is -5.28. The van der Waals surface area contributed by atoms with Gasteiger partial charge in [0.05, 0.1) is 23.6 Å². The molecule has 2 aliphatic heterocycles. The number of carbonyl (C=O) groups is 1. The van der Waals surface area contributed by atoms with Crippen molar-refractivity contribution in [3.8, 4) is 0 Å². The molecule has 4 nitrogen and oxygen atoms in total. The van der Waals surface area contributed by atoms with E-state index in [9.17, 15) is 44.3 Å². The molecule has 2 aromatic carbocycles. The van der Waals surface area contributed by atoms with Crippen LogP contribution >= 0.6 is 0 Å². The lowest BCUT2D eigenvalue weighted by Crippen LogP contribution is -2.49. The van der Waals surface area contributed by atoms with Crippen LogP contribution in [0.1, 0.15) is 60.4 Å². The molecule has 13 heteroatoms. The highest BCUT2D eigenvalue weighted by molar-refractivity contribution is 5.78. The first-order valence-electron chi connectivity index (χ1n) is 13.8. The van der Waals surface area contributed by atoms with Crippen molar-refractivity contribution in [3.63, 3.8) is 0 Å². The summed E-state index contributed by atoms with van der Waals surface area (Å²) in [6, 6.07) is 2.20. The van der Waals surface area contributed by atoms with Gasteiger partial charge in [0.2, 0.25) is 5.91 Å². The van der Waals surface area contributed by atoms with E-state index in [2.05, 4.69) is 4.90 Å². The van der Waals surface area contributed by atoms with E-state index in [0.29, 0.717) is 31.3 Å². The Kier molecular flexibility index (Phi) is 9.81. The number of likely N-dealkylation sites (N-methyl/N-ethyl adjacent to an activating group) is 1. The number of carbonyl (C=O) groups excluding carboxylic acids is 1. The Labute approximate surface area is 238 Å². The Morgan fingerprint density at radius 3 is 1.98 bits per heavy atom. The van der Waals surface area contributed by atoms with E-state index in [-0.39, 0.29) is 18.2 Å². The van der Waals surface area contributed by atoms with Crippen LogP contribution in [-0.4, -0.2) is 66.4 Å². The minimum absolute atomic E-state index is 0.0207. The topological polar surface area (TPSA) is 26.8 Å². The molecule has 0 N–H and O–H groups in total. The predicted octanol–water partition coefficient (Wildman–Crippen LogP) is 6.83. The summed E-state index contributed by atoms with van der Waals surface area (Å²) in [4.78, 5) is 18.4. The van der Waals surface area contributed by atoms with Crippen LogP contribution in [0.2, 0.25) is 0 Å². The molecule has 0 radical (unpaired) electrons. The number of nitrogens with zero attached hydrogens (tertiary/aromatic N) is 3. The van der Waals surface area contributed by atoms with Crippen molar-refractivity contribution in [2.24, 2.45) is 0 Å². The molecule has 0 aromatic heterocycles. The normalized spacial score (nSPS) is 18.7. The molecule has 2 aromatic rings. The Bertz CT molecular complexity index is 1220. The SMILES string of the molecule is CN(CC(c1ccc(F)c(F)c1F)N1CCC(N2CCCCC2)CC1)C(=O)Cc1cc(C(F)(F)F)cc(C(F)(F)F)c1. The second-order valence-corrected chi connectivity index (χ2v) is 11.0. The van der Waals surface area contributed by atoms with E-state index in [1.807, 2.05) is 4.90 Å². The van der Waals surface area contributed by atoms with Gasteiger partial charge in [-0.1, -0.05) is 12.5 Å². The molecule has 2 heterocycles. The quantitative estimate of drug-likeness (QED) is 0.254. The fraction of sp³-hybridized carbons (Fsp3) is 0.552. The summed E-state index contributed by atoms with van der Waals surface area (Å²) >= 11 is 0. The molecule has 0 aliphatic carbocycles. The Balaban J connectivity index is 1.55. The maximum atomic E-state index is 15.0. The Morgan fingerprint density at radius 1 is 0.857 bits per heavy atom. The molecular formula is C29H32F9N3O. The summed E-state index contributed by atoms with van der Waals surface area (Å²) in [6.07, 6.45) is -6.09. The van der Waals surface area contributed by atoms with Gasteiger partial charge >= 0.3 is 12.4 Å². The van der Waals surface area contributed by atoms with Gasteiger partial charge in [-0.25, -0.2) is 13.2 Å². The van der Waals surface area contributed by atoms with E-state index in [1.165, 1.54) is 13.5 Å². The first kappa shape index (κ1) is 32.1. The van der Waals surface area contributed by atoms with E-state index in [0.717, 1.165) is 55.8 Å². The third-order valence-corrected chi connectivity index (χ3v) is 8.15. The highest BCUT2D eigenvalue weighted by Gasteiger charge is 2.38. The summed E-state index contributed by atoms with van der Waals surface area (Å²) in [5, 5.41) is 0.